The summed E-state index contributed by atoms with van der Waals surface area (Å²) in [5.41, 5.74) is 0.603. The summed E-state index contributed by atoms with van der Waals surface area (Å²) in [6, 6.07) is 9.13. The predicted octanol–water partition coefficient (Wildman–Crippen LogP) is 2.06. The van der Waals surface area contributed by atoms with E-state index in [0.29, 0.717) is 5.56 Å². The molecule has 0 aliphatic carbocycles. The van der Waals surface area contributed by atoms with Crippen molar-refractivity contribution in [3.8, 4) is 11.4 Å². The molecule has 0 bridgehead atoms. The molecule has 3 amide bonds. The molecule has 3 rings (SSSR count). The number of nitrogens with one attached hydrogen (secondary N) is 1. The van der Waals surface area contributed by atoms with Crippen molar-refractivity contribution in [1.82, 2.24) is 25.1 Å². The van der Waals surface area contributed by atoms with Crippen LogP contribution in [0.15, 0.2) is 36.4 Å². The van der Waals surface area contributed by atoms with Crippen molar-refractivity contribution >= 4 is 35.5 Å². The minimum absolute atomic E-state index is 0.0486. The van der Waals surface area contributed by atoms with Crippen LogP contribution in [0.5, 0.6) is 0 Å². The van der Waals surface area contributed by atoms with Gasteiger partial charge in [0.25, 0.3) is 5.91 Å². The second-order valence-corrected chi connectivity index (χ2v) is 8.12. The largest absolute Gasteiger partial charge is 0.481 e. The lowest BCUT2D eigenvalue weighted by molar-refractivity contribution is -0.138. The Bertz CT molecular complexity index is 1080. The number of hydrogen-bond acceptors (Lipinski definition) is 7. The highest BCUT2D eigenvalue weighted by Crippen LogP contribution is 2.18. The fraction of sp³-hybridized carbons (Fsp3) is 0.391. The number of amides is 3. The van der Waals surface area contributed by atoms with Crippen LogP contribution in [0.4, 0.5) is 4.79 Å². The zero-order chi connectivity index (χ0) is 25.4. The smallest absolute Gasteiger partial charge is 0.409 e. The SMILES string of the molecule is CCOC(=O)N1CCN(C(=O)C(CCC(=O)O)NC(=O)c2cc(Cl)nc(-c3ccccc3)n2)CC1. The van der Waals surface area contributed by atoms with Gasteiger partial charge in [0.2, 0.25) is 5.91 Å². The number of halogens is 1. The average Bonchev–Trinajstić information content (AvgIpc) is 2.86. The molecular weight excluding hydrogens is 478 g/mol. The molecule has 1 fully saturated rings. The summed E-state index contributed by atoms with van der Waals surface area (Å²) in [5.74, 6) is -1.97. The first-order chi connectivity index (χ1) is 16.8. The normalized spacial score (nSPS) is 14.2. The van der Waals surface area contributed by atoms with Crippen molar-refractivity contribution in [3.63, 3.8) is 0 Å². The number of rotatable bonds is 8. The Morgan fingerprint density at radius 2 is 1.74 bits per heavy atom. The molecule has 1 saturated heterocycles. The third-order valence-corrected chi connectivity index (χ3v) is 5.52. The van der Waals surface area contributed by atoms with Crippen molar-refractivity contribution in [1.29, 1.82) is 0 Å². The van der Waals surface area contributed by atoms with Gasteiger partial charge in [0.15, 0.2) is 5.82 Å². The van der Waals surface area contributed by atoms with Gasteiger partial charge in [-0.1, -0.05) is 41.9 Å². The van der Waals surface area contributed by atoms with Crippen LogP contribution in [0.3, 0.4) is 0 Å². The third-order valence-electron chi connectivity index (χ3n) is 5.33. The number of aromatic nitrogens is 2. The minimum Gasteiger partial charge on any atom is -0.481 e. The van der Waals surface area contributed by atoms with E-state index in [1.54, 1.807) is 31.2 Å². The van der Waals surface area contributed by atoms with E-state index in [9.17, 15) is 19.2 Å². The maximum atomic E-state index is 13.2. The number of carbonyl (C=O) groups is 4. The number of nitrogens with zero attached hydrogens (tertiary/aromatic N) is 4. The van der Waals surface area contributed by atoms with Crippen molar-refractivity contribution < 1.29 is 29.0 Å². The number of benzene rings is 1. The van der Waals surface area contributed by atoms with Crippen LogP contribution < -0.4 is 5.32 Å². The van der Waals surface area contributed by atoms with Crippen LogP contribution >= 0.6 is 11.6 Å². The van der Waals surface area contributed by atoms with Crippen LogP contribution in [-0.4, -0.2) is 87.6 Å². The number of carboxylic acids is 1. The van der Waals surface area contributed by atoms with E-state index in [4.69, 9.17) is 21.4 Å². The van der Waals surface area contributed by atoms with Gasteiger partial charge in [-0.2, -0.15) is 0 Å². The van der Waals surface area contributed by atoms with Crippen molar-refractivity contribution in [2.75, 3.05) is 32.8 Å². The topological polar surface area (TPSA) is 142 Å². The van der Waals surface area contributed by atoms with Crippen LogP contribution in [0.2, 0.25) is 5.15 Å². The molecule has 1 aromatic carbocycles. The van der Waals surface area contributed by atoms with Crippen LogP contribution in [-0.2, 0) is 14.3 Å². The first-order valence-corrected chi connectivity index (χ1v) is 11.5. The Hall–Kier alpha value is -3.73. The van der Waals surface area contributed by atoms with Crippen LogP contribution in [0, 0.1) is 0 Å². The Kier molecular flexibility index (Phi) is 8.96. The molecule has 2 aromatic rings. The average molecular weight is 504 g/mol. The van der Waals surface area contributed by atoms with Gasteiger partial charge in [-0.05, 0) is 13.3 Å². The van der Waals surface area contributed by atoms with Crippen LogP contribution in [0.25, 0.3) is 11.4 Å². The van der Waals surface area contributed by atoms with E-state index < -0.39 is 29.9 Å². The zero-order valence-corrected chi connectivity index (χ0v) is 19.9. The molecule has 1 aliphatic rings. The lowest BCUT2D eigenvalue weighted by atomic mass is 10.1. The summed E-state index contributed by atoms with van der Waals surface area (Å²) in [6.07, 6.45) is -0.882. The van der Waals surface area contributed by atoms with E-state index in [1.165, 1.54) is 15.9 Å². The third kappa shape index (κ3) is 7.12. The van der Waals surface area contributed by atoms with Gasteiger partial charge < -0.3 is 25.0 Å². The summed E-state index contributed by atoms with van der Waals surface area (Å²) in [6.45, 7) is 2.96. The highest BCUT2D eigenvalue weighted by molar-refractivity contribution is 6.29. The summed E-state index contributed by atoms with van der Waals surface area (Å²) < 4.78 is 4.98. The number of carbonyl (C=O) groups excluding carboxylic acids is 3. The van der Waals surface area contributed by atoms with Crippen molar-refractivity contribution in [2.24, 2.45) is 0 Å². The molecule has 35 heavy (non-hydrogen) atoms. The Labute approximate surface area is 207 Å². The van der Waals surface area contributed by atoms with E-state index >= 15 is 0 Å². The molecule has 0 spiro atoms. The zero-order valence-electron chi connectivity index (χ0n) is 19.1. The molecule has 1 unspecified atom stereocenters. The first kappa shape index (κ1) is 25.9. The summed E-state index contributed by atoms with van der Waals surface area (Å²) in [4.78, 5) is 60.6. The number of aliphatic carboxylic acids is 1. The predicted molar refractivity (Wildman–Crippen MR) is 126 cm³/mol. The van der Waals surface area contributed by atoms with Gasteiger partial charge in [-0.25, -0.2) is 14.8 Å². The highest BCUT2D eigenvalue weighted by Gasteiger charge is 2.31. The Morgan fingerprint density at radius 1 is 1.09 bits per heavy atom. The molecule has 186 valence electrons. The van der Waals surface area contributed by atoms with E-state index in [0.717, 1.165) is 0 Å². The fourth-order valence-corrected chi connectivity index (χ4v) is 3.74. The summed E-state index contributed by atoms with van der Waals surface area (Å²) >= 11 is 6.10. The number of carboxylic acid groups (broad SMARTS) is 1. The van der Waals surface area contributed by atoms with Gasteiger partial charge in [0, 0.05) is 44.2 Å². The number of piperazine rings is 1. The molecule has 2 N–H and O–H groups in total. The fourth-order valence-electron chi connectivity index (χ4n) is 3.55. The molecule has 12 heteroatoms. The van der Waals surface area contributed by atoms with Gasteiger partial charge in [0.05, 0.1) is 6.61 Å². The summed E-state index contributed by atoms with van der Waals surface area (Å²) in [5, 5.41) is 11.8. The van der Waals surface area contributed by atoms with Gasteiger partial charge in [-0.3, -0.25) is 14.4 Å². The highest BCUT2D eigenvalue weighted by atomic mass is 35.5. The Morgan fingerprint density at radius 3 is 2.37 bits per heavy atom. The number of hydrogen-bond donors (Lipinski definition) is 2. The van der Waals surface area contributed by atoms with Gasteiger partial charge >= 0.3 is 12.1 Å². The monoisotopic (exact) mass is 503 g/mol. The maximum absolute atomic E-state index is 13.2. The van der Waals surface area contributed by atoms with E-state index in [-0.39, 0.29) is 62.3 Å². The molecular formula is C23H26ClN5O6. The second kappa shape index (κ2) is 12.1. The minimum atomic E-state index is -1.10. The van der Waals surface area contributed by atoms with Gasteiger partial charge in [0.1, 0.15) is 16.9 Å². The lowest BCUT2D eigenvalue weighted by Gasteiger charge is -2.35. The van der Waals surface area contributed by atoms with Crippen molar-refractivity contribution in [2.45, 2.75) is 25.8 Å². The molecule has 1 aromatic heterocycles. The lowest BCUT2D eigenvalue weighted by Crippen LogP contribution is -2.56. The molecule has 1 aliphatic heterocycles. The van der Waals surface area contributed by atoms with Crippen LogP contribution in [0.1, 0.15) is 30.3 Å². The second-order valence-electron chi connectivity index (χ2n) is 7.74. The van der Waals surface area contributed by atoms with Gasteiger partial charge in [-0.15, -0.1) is 0 Å². The number of ether oxygens (including phenoxy) is 1. The first-order valence-electron chi connectivity index (χ1n) is 11.1. The molecule has 1 atom stereocenters. The standard InChI is InChI=1S/C23H26ClN5O6/c1-2-35-23(34)29-12-10-28(11-13-29)22(33)16(8-9-19(30)31)26-21(32)17-14-18(24)27-20(25-17)15-6-4-3-5-7-15/h3-7,14,16H,2,8-13H2,1H3,(H,26,32)(H,30,31). The molecule has 0 saturated carbocycles. The Balaban J connectivity index is 1.73. The molecule has 0 radical (unpaired) electrons. The maximum Gasteiger partial charge on any atom is 0.409 e. The molecule has 11 nitrogen and oxygen atoms in total. The van der Waals surface area contributed by atoms with Crippen molar-refractivity contribution in [3.05, 3.63) is 47.2 Å². The molecule has 2 heterocycles. The van der Waals surface area contributed by atoms with E-state index in [1.807, 2.05) is 6.07 Å². The van der Waals surface area contributed by atoms with E-state index in [2.05, 4.69) is 15.3 Å². The summed E-state index contributed by atoms with van der Waals surface area (Å²) in [7, 11) is 0. The quantitative estimate of drug-likeness (QED) is 0.521.